The summed E-state index contributed by atoms with van der Waals surface area (Å²) in [6.07, 6.45) is 0. The zero-order valence-electron chi connectivity index (χ0n) is 22.2. The van der Waals surface area contributed by atoms with Crippen LogP contribution in [0.4, 0.5) is 5.69 Å². The van der Waals surface area contributed by atoms with Gasteiger partial charge in [-0.1, -0.05) is 72.8 Å². The SMILES string of the molecule is [C-]#[N+]c1cc[c-]c(-c2cccc(C3(c4cccc(-c5[c-]ccc(C#N)c5)n4)c4ccccc4-c4ccccc43)n2)c1.[Pt+2]. The fourth-order valence-electron chi connectivity index (χ4n) is 5.86. The molecule has 0 saturated heterocycles. The van der Waals surface area contributed by atoms with Gasteiger partial charge in [0.2, 0.25) is 0 Å². The first kappa shape index (κ1) is 27.0. The summed E-state index contributed by atoms with van der Waals surface area (Å²) >= 11 is 0. The van der Waals surface area contributed by atoms with Gasteiger partial charge in [-0.3, -0.25) is 14.8 Å². The molecule has 0 radical (unpaired) electrons. The van der Waals surface area contributed by atoms with Gasteiger partial charge in [-0.05, 0) is 51.3 Å². The van der Waals surface area contributed by atoms with Crippen molar-refractivity contribution in [3.8, 4) is 39.7 Å². The second-order valence-corrected chi connectivity index (χ2v) is 9.83. The number of nitrogens with zero attached hydrogens (tertiary/aromatic N) is 4. The van der Waals surface area contributed by atoms with Gasteiger partial charge in [0.05, 0.1) is 24.0 Å². The minimum absolute atomic E-state index is 0. The Morgan fingerprint density at radius 2 is 1.21 bits per heavy atom. The first-order chi connectivity index (χ1) is 20.2. The average molecular weight is 716 g/mol. The van der Waals surface area contributed by atoms with Crippen LogP contribution in [0.15, 0.2) is 121 Å². The Morgan fingerprint density at radius 3 is 1.79 bits per heavy atom. The predicted molar refractivity (Wildman–Crippen MR) is 159 cm³/mol. The van der Waals surface area contributed by atoms with Crippen molar-refractivity contribution in [2.75, 3.05) is 0 Å². The predicted octanol–water partition coefficient (Wildman–Crippen LogP) is 8.19. The smallest absolute Gasteiger partial charge is 0.300 e. The number of benzene rings is 4. The molecule has 1 aliphatic carbocycles. The Bertz CT molecular complexity index is 1900. The molecule has 0 unspecified atom stereocenters. The van der Waals surface area contributed by atoms with Crippen molar-refractivity contribution in [1.29, 1.82) is 5.26 Å². The van der Waals surface area contributed by atoms with Crippen molar-refractivity contribution in [1.82, 2.24) is 9.97 Å². The van der Waals surface area contributed by atoms with Crippen LogP contribution in [-0.2, 0) is 26.5 Å². The molecule has 2 aromatic heterocycles. The molecule has 0 aliphatic heterocycles. The molecule has 6 aromatic rings. The van der Waals surface area contributed by atoms with E-state index in [1.807, 2.05) is 36.4 Å². The van der Waals surface area contributed by atoms with Crippen LogP contribution < -0.4 is 0 Å². The van der Waals surface area contributed by atoms with E-state index in [-0.39, 0.29) is 21.1 Å². The van der Waals surface area contributed by atoms with Gasteiger partial charge < -0.3 is 0 Å². The molecule has 0 bridgehead atoms. The maximum Gasteiger partial charge on any atom is 2.00 e. The quantitative estimate of drug-likeness (QED) is 0.173. The minimum Gasteiger partial charge on any atom is -0.300 e. The van der Waals surface area contributed by atoms with Crippen LogP contribution in [0.25, 0.3) is 38.5 Å². The normalized spacial score (nSPS) is 12.2. The molecule has 4 aromatic carbocycles. The number of fused-ring (bicyclic) bond motifs is 3. The van der Waals surface area contributed by atoms with Crippen LogP contribution in [0, 0.1) is 30.0 Å². The van der Waals surface area contributed by atoms with Crippen molar-refractivity contribution in [3.05, 3.63) is 173 Å². The van der Waals surface area contributed by atoms with Gasteiger partial charge in [0.25, 0.3) is 0 Å². The number of nitriles is 1. The van der Waals surface area contributed by atoms with Crippen molar-refractivity contribution in [3.63, 3.8) is 0 Å². The van der Waals surface area contributed by atoms with E-state index >= 15 is 0 Å². The molecule has 4 nitrogen and oxygen atoms in total. The molecule has 0 spiro atoms. The fraction of sp³-hybridized carbons (Fsp3) is 0.0270. The molecule has 0 atom stereocenters. The topological polar surface area (TPSA) is 53.9 Å². The van der Waals surface area contributed by atoms with E-state index in [2.05, 4.69) is 83.7 Å². The zero-order valence-corrected chi connectivity index (χ0v) is 24.4. The zero-order chi connectivity index (χ0) is 27.8. The van der Waals surface area contributed by atoms with E-state index in [4.69, 9.17) is 16.5 Å². The van der Waals surface area contributed by atoms with Gasteiger partial charge in [-0.25, -0.2) is 0 Å². The van der Waals surface area contributed by atoms with Crippen molar-refractivity contribution < 1.29 is 21.1 Å². The molecule has 0 fully saturated rings. The summed E-state index contributed by atoms with van der Waals surface area (Å²) in [6, 6.07) is 48.3. The van der Waals surface area contributed by atoms with E-state index < -0.39 is 5.41 Å². The van der Waals surface area contributed by atoms with Gasteiger partial charge in [-0.2, -0.15) is 11.3 Å². The maximum atomic E-state index is 9.49. The third-order valence-corrected chi connectivity index (χ3v) is 7.62. The van der Waals surface area contributed by atoms with E-state index in [0.29, 0.717) is 11.3 Å². The van der Waals surface area contributed by atoms with Gasteiger partial charge in [-0.15, -0.1) is 53.6 Å². The van der Waals surface area contributed by atoms with E-state index in [9.17, 15) is 5.26 Å². The van der Waals surface area contributed by atoms with Crippen molar-refractivity contribution >= 4 is 5.69 Å². The Balaban J connectivity index is 0.00000316. The Morgan fingerprint density at radius 1 is 0.667 bits per heavy atom. The molecule has 2 heterocycles. The molecule has 0 amide bonds. The van der Waals surface area contributed by atoms with Gasteiger partial charge in [0.1, 0.15) is 11.1 Å². The molecule has 0 saturated carbocycles. The van der Waals surface area contributed by atoms with Gasteiger partial charge in [0.15, 0.2) is 0 Å². The molecular weight excluding hydrogens is 696 g/mol. The Hall–Kier alpha value is -5.15. The second-order valence-electron chi connectivity index (χ2n) is 9.83. The van der Waals surface area contributed by atoms with Crippen LogP contribution in [0.2, 0.25) is 0 Å². The Kier molecular flexibility index (Phi) is 7.10. The van der Waals surface area contributed by atoms with E-state index in [1.54, 1.807) is 24.3 Å². The van der Waals surface area contributed by atoms with E-state index in [1.165, 1.54) is 0 Å². The van der Waals surface area contributed by atoms with Crippen molar-refractivity contribution in [2.45, 2.75) is 5.41 Å². The molecule has 42 heavy (non-hydrogen) atoms. The molecule has 198 valence electrons. The average Bonchev–Trinajstić information content (AvgIpc) is 3.36. The summed E-state index contributed by atoms with van der Waals surface area (Å²) in [4.78, 5) is 14.1. The second kappa shape index (κ2) is 11.0. The molecular formula is C37H20N4Pt. The van der Waals surface area contributed by atoms with Crippen LogP contribution in [0.1, 0.15) is 28.1 Å². The van der Waals surface area contributed by atoms with Crippen LogP contribution in [-0.4, -0.2) is 9.97 Å². The maximum absolute atomic E-state index is 9.49. The summed E-state index contributed by atoms with van der Waals surface area (Å²) in [5.41, 5.74) is 9.43. The number of rotatable bonds is 4. The first-order valence-corrected chi connectivity index (χ1v) is 13.2. The van der Waals surface area contributed by atoms with Crippen LogP contribution >= 0.6 is 0 Å². The first-order valence-electron chi connectivity index (χ1n) is 13.2. The summed E-state index contributed by atoms with van der Waals surface area (Å²) in [6.45, 7) is 7.47. The number of pyridine rings is 2. The summed E-state index contributed by atoms with van der Waals surface area (Å²) in [5, 5.41) is 9.49. The van der Waals surface area contributed by atoms with E-state index in [0.717, 1.165) is 56.2 Å². The number of hydrogen-bond donors (Lipinski definition) is 0. The third-order valence-electron chi connectivity index (χ3n) is 7.62. The standard InChI is InChI=1S/C37H20N4.Pt/c1-39-28-13-7-12-27(23-28)34-19-9-21-36(41-34)37(31-16-4-2-14-29(31)30-15-3-5-17-32(30)37)35-20-8-18-33(40-35)26-11-6-10-25(22-26)24-38;/h2-10,13-23H;/q-2;+2. The number of aromatic nitrogens is 2. The third kappa shape index (κ3) is 4.26. The fourth-order valence-corrected chi connectivity index (χ4v) is 5.86. The Labute approximate surface area is 259 Å². The number of hydrogen-bond acceptors (Lipinski definition) is 3. The van der Waals surface area contributed by atoms with Crippen LogP contribution in [0.3, 0.4) is 0 Å². The summed E-state index contributed by atoms with van der Waals surface area (Å²) in [7, 11) is 0. The summed E-state index contributed by atoms with van der Waals surface area (Å²) < 4.78 is 0. The molecule has 1 aliphatic rings. The molecule has 5 heteroatoms. The van der Waals surface area contributed by atoms with Gasteiger partial charge in [0, 0.05) is 0 Å². The molecule has 7 rings (SSSR count). The molecule has 0 N–H and O–H groups in total. The van der Waals surface area contributed by atoms with Crippen molar-refractivity contribution in [2.24, 2.45) is 0 Å². The minimum atomic E-state index is -0.802. The largest absolute Gasteiger partial charge is 2.00 e. The monoisotopic (exact) mass is 715 g/mol. The summed E-state index contributed by atoms with van der Waals surface area (Å²) in [5.74, 6) is 0. The van der Waals surface area contributed by atoms with Crippen LogP contribution in [0.5, 0.6) is 0 Å². The van der Waals surface area contributed by atoms with Gasteiger partial charge >= 0.3 is 21.1 Å².